The first-order valence-electron chi connectivity index (χ1n) is 4.84. The van der Waals surface area contributed by atoms with Gasteiger partial charge in [-0.05, 0) is 25.3 Å². The molecule has 0 saturated heterocycles. The van der Waals surface area contributed by atoms with Crippen molar-refractivity contribution in [1.82, 2.24) is 0 Å². The van der Waals surface area contributed by atoms with E-state index in [1.165, 1.54) is 16.7 Å². The Balaban J connectivity index is 3.01. The number of benzene rings is 1. The lowest BCUT2D eigenvalue weighted by atomic mass is 9.94. The summed E-state index contributed by atoms with van der Waals surface area (Å²) in [6, 6.07) is 6.70. The minimum absolute atomic E-state index is 0.165. The maximum atomic E-state index is 6.08. The van der Waals surface area contributed by atoms with Crippen molar-refractivity contribution in [3.8, 4) is 0 Å². The molecule has 0 aliphatic rings. The number of hydrogen-bond acceptors (Lipinski definition) is 1. The highest BCUT2D eigenvalue weighted by Crippen LogP contribution is 2.20. The van der Waals surface area contributed by atoms with E-state index in [1.807, 2.05) is 0 Å². The van der Waals surface area contributed by atoms with Gasteiger partial charge in [0.15, 0.2) is 0 Å². The van der Waals surface area contributed by atoms with Crippen molar-refractivity contribution in [2.75, 3.05) is 0 Å². The van der Waals surface area contributed by atoms with Crippen LogP contribution in [0.5, 0.6) is 0 Å². The summed E-state index contributed by atoms with van der Waals surface area (Å²) in [7, 11) is 0. The first kappa shape index (κ1) is 10.3. The number of hydrogen-bond donors (Lipinski definition) is 1. The summed E-state index contributed by atoms with van der Waals surface area (Å²) >= 11 is 0. The molecule has 2 N–H and O–H groups in total. The molecule has 0 aliphatic heterocycles. The fourth-order valence-electron chi connectivity index (χ4n) is 1.59. The van der Waals surface area contributed by atoms with Crippen molar-refractivity contribution in [1.29, 1.82) is 0 Å². The quantitative estimate of drug-likeness (QED) is 0.738. The molecule has 0 radical (unpaired) electrons. The van der Waals surface area contributed by atoms with Crippen LogP contribution in [0.2, 0.25) is 0 Å². The fraction of sp³-hybridized carbons (Fsp3) is 0.500. The van der Waals surface area contributed by atoms with Gasteiger partial charge >= 0.3 is 0 Å². The molecule has 0 unspecified atom stereocenters. The van der Waals surface area contributed by atoms with Crippen LogP contribution in [0.15, 0.2) is 18.2 Å². The van der Waals surface area contributed by atoms with Gasteiger partial charge in [0.05, 0.1) is 0 Å². The van der Waals surface area contributed by atoms with E-state index in [2.05, 4.69) is 45.9 Å². The Morgan fingerprint density at radius 3 is 1.85 bits per heavy atom. The highest BCUT2D eigenvalue weighted by molar-refractivity contribution is 5.30. The molecule has 1 nitrogen and oxygen atoms in total. The van der Waals surface area contributed by atoms with E-state index in [1.54, 1.807) is 0 Å². The summed E-state index contributed by atoms with van der Waals surface area (Å²) in [5, 5.41) is 0. The third-order valence-electron chi connectivity index (χ3n) is 2.35. The second-order valence-corrected chi connectivity index (χ2v) is 4.19. The Morgan fingerprint density at radius 1 is 1.00 bits per heavy atom. The summed E-state index contributed by atoms with van der Waals surface area (Å²) in [6.45, 7) is 8.54. The number of nitrogens with two attached hydrogens (primary N) is 1. The zero-order valence-corrected chi connectivity index (χ0v) is 8.96. The second kappa shape index (κ2) is 3.93. The van der Waals surface area contributed by atoms with Gasteiger partial charge in [-0.15, -0.1) is 0 Å². The smallest absolute Gasteiger partial charge is 0.0318 e. The Hall–Kier alpha value is -0.820. The molecule has 1 rings (SSSR count). The molecule has 0 fully saturated rings. The van der Waals surface area contributed by atoms with Crippen LogP contribution >= 0.6 is 0 Å². The average molecular weight is 177 g/mol. The van der Waals surface area contributed by atoms with Crippen LogP contribution in [0.4, 0.5) is 0 Å². The summed E-state index contributed by atoms with van der Waals surface area (Å²) < 4.78 is 0. The lowest BCUT2D eigenvalue weighted by molar-refractivity contribution is 0.514. The predicted octanol–water partition coefficient (Wildman–Crippen LogP) is 2.96. The van der Waals surface area contributed by atoms with Gasteiger partial charge in [0.1, 0.15) is 0 Å². The van der Waals surface area contributed by atoms with E-state index >= 15 is 0 Å². The average Bonchev–Trinajstić information content (AvgIpc) is 2.01. The minimum Gasteiger partial charge on any atom is -0.324 e. The standard InChI is InChI=1S/C12H19N/c1-8(2)12(13)11-6-9(3)5-10(4)7-11/h5-8,12H,13H2,1-4H3/t12-/m1/s1. The molecule has 1 heteroatoms. The lowest BCUT2D eigenvalue weighted by Crippen LogP contribution is -2.16. The summed E-state index contributed by atoms with van der Waals surface area (Å²) in [5.41, 5.74) is 9.93. The van der Waals surface area contributed by atoms with Crippen LogP contribution in [-0.2, 0) is 0 Å². The molecule has 0 aromatic heterocycles. The normalized spacial score (nSPS) is 13.4. The van der Waals surface area contributed by atoms with E-state index < -0.39 is 0 Å². The van der Waals surface area contributed by atoms with Crippen molar-refractivity contribution < 1.29 is 0 Å². The fourth-order valence-corrected chi connectivity index (χ4v) is 1.59. The van der Waals surface area contributed by atoms with Crippen molar-refractivity contribution in [2.24, 2.45) is 11.7 Å². The highest BCUT2D eigenvalue weighted by Gasteiger charge is 2.10. The molecule has 72 valence electrons. The molecule has 1 aromatic carbocycles. The van der Waals surface area contributed by atoms with Gasteiger partial charge < -0.3 is 5.73 Å². The van der Waals surface area contributed by atoms with Gasteiger partial charge in [-0.25, -0.2) is 0 Å². The molecule has 0 heterocycles. The third-order valence-corrected chi connectivity index (χ3v) is 2.35. The summed E-state index contributed by atoms with van der Waals surface area (Å²) in [5.74, 6) is 0.501. The minimum atomic E-state index is 0.165. The summed E-state index contributed by atoms with van der Waals surface area (Å²) in [6.07, 6.45) is 0. The van der Waals surface area contributed by atoms with Crippen LogP contribution in [0.1, 0.15) is 36.6 Å². The van der Waals surface area contributed by atoms with E-state index in [0.29, 0.717) is 5.92 Å². The van der Waals surface area contributed by atoms with E-state index in [9.17, 15) is 0 Å². The third kappa shape index (κ3) is 2.56. The van der Waals surface area contributed by atoms with Gasteiger partial charge in [0, 0.05) is 6.04 Å². The molecule has 0 amide bonds. The number of aryl methyl sites for hydroxylation is 2. The maximum Gasteiger partial charge on any atom is 0.0318 e. The first-order valence-corrected chi connectivity index (χ1v) is 4.84. The van der Waals surface area contributed by atoms with E-state index in [0.717, 1.165) is 0 Å². The topological polar surface area (TPSA) is 26.0 Å². The molecule has 0 bridgehead atoms. The van der Waals surface area contributed by atoms with Crippen LogP contribution in [0, 0.1) is 19.8 Å². The lowest BCUT2D eigenvalue weighted by Gasteiger charge is -2.17. The Morgan fingerprint density at radius 2 is 1.46 bits per heavy atom. The molecule has 1 atom stereocenters. The molecule has 1 aromatic rings. The molecule has 13 heavy (non-hydrogen) atoms. The monoisotopic (exact) mass is 177 g/mol. The molecular weight excluding hydrogens is 158 g/mol. The van der Waals surface area contributed by atoms with Gasteiger partial charge in [-0.3, -0.25) is 0 Å². The molecule has 0 spiro atoms. The van der Waals surface area contributed by atoms with Crippen molar-refractivity contribution in [3.63, 3.8) is 0 Å². The molecular formula is C12H19N. The summed E-state index contributed by atoms with van der Waals surface area (Å²) in [4.78, 5) is 0. The van der Waals surface area contributed by atoms with Gasteiger partial charge in [0.25, 0.3) is 0 Å². The van der Waals surface area contributed by atoms with Crippen molar-refractivity contribution in [2.45, 2.75) is 33.7 Å². The van der Waals surface area contributed by atoms with E-state index in [4.69, 9.17) is 5.73 Å². The van der Waals surface area contributed by atoms with Crippen LogP contribution in [-0.4, -0.2) is 0 Å². The van der Waals surface area contributed by atoms with Gasteiger partial charge in [-0.2, -0.15) is 0 Å². The highest BCUT2D eigenvalue weighted by atomic mass is 14.6. The van der Waals surface area contributed by atoms with Gasteiger partial charge in [0.2, 0.25) is 0 Å². The van der Waals surface area contributed by atoms with Crippen LogP contribution in [0.3, 0.4) is 0 Å². The predicted molar refractivity (Wildman–Crippen MR) is 57.7 cm³/mol. The van der Waals surface area contributed by atoms with E-state index in [-0.39, 0.29) is 6.04 Å². The zero-order valence-electron chi connectivity index (χ0n) is 8.96. The first-order chi connectivity index (χ1) is 6.00. The molecule has 0 aliphatic carbocycles. The Labute approximate surface area is 81.0 Å². The molecule has 0 saturated carbocycles. The SMILES string of the molecule is Cc1cc(C)cc([C@H](N)C(C)C)c1. The van der Waals surface area contributed by atoms with Crippen molar-refractivity contribution >= 4 is 0 Å². The zero-order chi connectivity index (χ0) is 10.0. The van der Waals surface area contributed by atoms with Gasteiger partial charge in [-0.1, -0.05) is 43.2 Å². The van der Waals surface area contributed by atoms with Crippen LogP contribution in [0.25, 0.3) is 0 Å². The largest absolute Gasteiger partial charge is 0.324 e. The maximum absolute atomic E-state index is 6.08. The second-order valence-electron chi connectivity index (χ2n) is 4.19. The van der Waals surface area contributed by atoms with Crippen molar-refractivity contribution in [3.05, 3.63) is 34.9 Å². The number of rotatable bonds is 2. The Kier molecular flexibility index (Phi) is 3.10. The van der Waals surface area contributed by atoms with Crippen LogP contribution < -0.4 is 5.73 Å². The Bertz CT molecular complexity index is 269.